The van der Waals surface area contributed by atoms with Crippen molar-refractivity contribution in [3.63, 3.8) is 0 Å². The summed E-state index contributed by atoms with van der Waals surface area (Å²) in [5.74, 6) is 0.385. The molecule has 0 atom stereocenters. The lowest BCUT2D eigenvalue weighted by molar-refractivity contribution is 0.110. The van der Waals surface area contributed by atoms with Gasteiger partial charge in [0.2, 0.25) is 5.88 Å². The maximum absolute atomic E-state index is 14.0. The van der Waals surface area contributed by atoms with E-state index in [9.17, 15) is 4.39 Å². The van der Waals surface area contributed by atoms with Crippen molar-refractivity contribution in [2.75, 3.05) is 20.1 Å². The van der Waals surface area contributed by atoms with Crippen molar-refractivity contribution in [1.29, 1.82) is 0 Å². The highest BCUT2D eigenvalue weighted by Crippen LogP contribution is 2.31. The Morgan fingerprint density at radius 1 is 0.943 bits per heavy atom. The van der Waals surface area contributed by atoms with E-state index in [2.05, 4.69) is 26.9 Å². The molecule has 7 heteroatoms. The molecule has 0 saturated carbocycles. The fourth-order valence-electron chi connectivity index (χ4n) is 4.80. The van der Waals surface area contributed by atoms with Crippen LogP contribution in [0.3, 0.4) is 0 Å². The van der Waals surface area contributed by atoms with Gasteiger partial charge in [0.05, 0.1) is 17.4 Å². The molecular formula is C28H26FN5O. The number of ether oxygens (including phenoxy) is 1. The highest BCUT2D eigenvalue weighted by molar-refractivity contribution is 5.94. The summed E-state index contributed by atoms with van der Waals surface area (Å²) < 4.78 is 22.1. The largest absolute Gasteiger partial charge is 0.474 e. The van der Waals surface area contributed by atoms with Gasteiger partial charge in [-0.1, -0.05) is 0 Å². The standard InChI is InChI=1S/C28H26FN5O/c1-18-13-24(23-15-21(29)4-5-25(23)32-18)26-17-30-27-14-19(7-12-34(26)27)20-3-6-28(31-16-20)35-22-8-10-33(2)11-9-22/h3-7,12-17,22H,8-11H2,1-2H3. The molecule has 35 heavy (non-hydrogen) atoms. The van der Waals surface area contributed by atoms with Crippen LogP contribution in [0.5, 0.6) is 5.88 Å². The van der Waals surface area contributed by atoms with E-state index in [1.54, 1.807) is 6.07 Å². The Balaban J connectivity index is 1.30. The summed E-state index contributed by atoms with van der Waals surface area (Å²) in [6.07, 6.45) is 7.95. The number of hydrogen-bond acceptors (Lipinski definition) is 5. The molecule has 1 fully saturated rings. The number of aryl methyl sites for hydroxylation is 1. The quantitative estimate of drug-likeness (QED) is 0.348. The molecule has 1 saturated heterocycles. The van der Waals surface area contributed by atoms with Crippen molar-refractivity contribution in [2.24, 2.45) is 0 Å². The van der Waals surface area contributed by atoms with Gasteiger partial charge in [-0.15, -0.1) is 0 Å². The minimum atomic E-state index is -0.281. The number of benzene rings is 1. The van der Waals surface area contributed by atoms with Crippen molar-refractivity contribution in [3.8, 4) is 28.3 Å². The predicted molar refractivity (Wildman–Crippen MR) is 135 cm³/mol. The lowest BCUT2D eigenvalue weighted by Crippen LogP contribution is -2.35. The first-order chi connectivity index (χ1) is 17.0. The summed E-state index contributed by atoms with van der Waals surface area (Å²) >= 11 is 0. The van der Waals surface area contributed by atoms with E-state index in [-0.39, 0.29) is 11.9 Å². The van der Waals surface area contributed by atoms with E-state index >= 15 is 0 Å². The van der Waals surface area contributed by atoms with Gasteiger partial charge < -0.3 is 9.64 Å². The van der Waals surface area contributed by atoms with Crippen LogP contribution in [0, 0.1) is 12.7 Å². The van der Waals surface area contributed by atoms with E-state index in [0.29, 0.717) is 5.88 Å². The zero-order valence-corrected chi connectivity index (χ0v) is 19.8. The topological polar surface area (TPSA) is 55.5 Å². The average Bonchev–Trinajstić information content (AvgIpc) is 3.29. The number of imidazole rings is 1. The van der Waals surface area contributed by atoms with Gasteiger partial charge in [-0.2, -0.15) is 0 Å². The smallest absolute Gasteiger partial charge is 0.213 e. The lowest BCUT2D eigenvalue weighted by Gasteiger charge is -2.28. The Morgan fingerprint density at radius 3 is 2.60 bits per heavy atom. The van der Waals surface area contributed by atoms with Gasteiger partial charge in [-0.3, -0.25) is 9.38 Å². The molecule has 6 rings (SSSR count). The predicted octanol–water partition coefficient (Wildman–Crippen LogP) is 5.53. The molecule has 0 spiro atoms. The first kappa shape index (κ1) is 21.7. The molecule has 0 radical (unpaired) electrons. The summed E-state index contributed by atoms with van der Waals surface area (Å²) in [6.45, 7) is 4.05. The van der Waals surface area contributed by atoms with Gasteiger partial charge in [0.1, 0.15) is 17.6 Å². The highest BCUT2D eigenvalue weighted by Gasteiger charge is 2.18. The molecule has 176 valence electrons. The van der Waals surface area contributed by atoms with Gasteiger partial charge >= 0.3 is 0 Å². The Labute approximate surface area is 203 Å². The molecule has 0 unspecified atom stereocenters. The van der Waals surface area contributed by atoms with Gasteiger partial charge in [0, 0.05) is 53.8 Å². The minimum absolute atomic E-state index is 0.227. The molecule has 6 nitrogen and oxygen atoms in total. The van der Waals surface area contributed by atoms with E-state index < -0.39 is 0 Å². The molecule has 4 aromatic heterocycles. The van der Waals surface area contributed by atoms with Crippen LogP contribution in [0.2, 0.25) is 0 Å². The van der Waals surface area contributed by atoms with Crippen LogP contribution < -0.4 is 4.74 Å². The molecule has 0 aliphatic carbocycles. The SMILES string of the molecule is Cc1cc(-c2cnc3cc(-c4ccc(OC5CCN(C)CC5)nc4)ccn23)c2cc(F)ccc2n1. The van der Waals surface area contributed by atoms with Gasteiger partial charge in [-0.25, -0.2) is 14.4 Å². The number of aromatic nitrogens is 4. The van der Waals surface area contributed by atoms with E-state index in [0.717, 1.165) is 70.6 Å². The number of nitrogens with zero attached hydrogens (tertiary/aromatic N) is 5. The molecule has 0 amide bonds. The summed E-state index contributed by atoms with van der Waals surface area (Å²) in [5, 5.41) is 0.769. The first-order valence-corrected chi connectivity index (χ1v) is 11.9. The maximum Gasteiger partial charge on any atom is 0.213 e. The summed E-state index contributed by atoms with van der Waals surface area (Å²) in [5.41, 5.74) is 6.27. The van der Waals surface area contributed by atoms with Crippen molar-refractivity contribution >= 4 is 16.6 Å². The van der Waals surface area contributed by atoms with Crippen LogP contribution in [0.4, 0.5) is 4.39 Å². The van der Waals surface area contributed by atoms with Crippen LogP contribution in [-0.4, -0.2) is 50.5 Å². The minimum Gasteiger partial charge on any atom is -0.474 e. The van der Waals surface area contributed by atoms with Crippen LogP contribution in [0.1, 0.15) is 18.5 Å². The molecular weight excluding hydrogens is 441 g/mol. The zero-order chi connectivity index (χ0) is 23.9. The van der Waals surface area contributed by atoms with Gasteiger partial charge in [0.15, 0.2) is 0 Å². The van der Waals surface area contributed by atoms with Gasteiger partial charge in [0.25, 0.3) is 0 Å². The summed E-state index contributed by atoms with van der Waals surface area (Å²) in [7, 11) is 2.14. The monoisotopic (exact) mass is 467 g/mol. The second-order valence-electron chi connectivity index (χ2n) is 9.27. The van der Waals surface area contributed by atoms with Crippen molar-refractivity contribution < 1.29 is 9.13 Å². The van der Waals surface area contributed by atoms with Crippen LogP contribution in [0.25, 0.3) is 38.9 Å². The third-order valence-corrected chi connectivity index (χ3v) is 6.71. The van der Waals surface area contributed by atoms with Crippen molar-refractivity contribution in [2.45, 2.75) is 25.9 Å². The Hall–Kier alpha value is -3.84. The van der Waals surface area contributed by atoms with E-state index in [1.165, 1.54) is 12.1 Å². The second-order valence-corrected chi connectivity index (χ2v) is 9.27. The first-order valence-electron chi connectivity index (χ1n) is 11.9. The fourth-order valence-corrected chi connectivity index (χ4v) is 4.80. The molecule has 5 heterocycles. The summed E-state index contributed by atoms with van der Waals surface area (Å²) in [4.78, 5) is 16.1. The number of piperidine rings is 1. The van der Waals surface area contributed by atoms with Crippen LogP contribution in [0.15, 0.2) is 67.1 Å². The third-order valence-electron chi connectivity index (χ3n) is 6.71. The number of fused-ring (bicyclic) bond motifs is 2. The number of halogens is 1. The van der Waals surface area contributed by atoms with Crippen LogP contribution in [-0.2, 0) is 0 Å². The number of hydrogen-bond donors (Lipinski definition) is 0. The lowest BCUT2D eigenvalue weighted by atomic mass is 10.0. The number of pyridine rings is 3. The fraction of sp³-hybridized carbons (Fsp3) is 0.250. The Bertz CT molecular complexity index is 1520. The Kier molecular flexibility index (Phi) is 5.41. The molecule has 1 aromatic carbocycles. The zero-order valence-electron chi connectivity index (χ0n) is 19.8. The number of rotatable bonds is 4. The van der Waals surface area contributed by atoms with Crippen molar-refractivity contribution in [3.05, 3.63) is 78.6 Å². The maximum atomic E-state index is 14.0. The van der Waals surface area contributed by atoms with Gasteiger partial charge in [-0.05, 0) is 74.8 Å². The molecule has 1 aliphatic rings. The van der Waals surface area contributed by atoms with Crippen LogP contribution >= 0.6 is 0 Å². The molecule has 5 aromatic rings. The number of likely N-dealkylation sites (tertiary alicyclic amines) is 1. The Morgan fingerprint density at radius 2 is 1.80 bits per heavy atom. The van der Waals surface area contributed by atoms with Crippen molar-refractivity contribution in [1.82, 2.24) is 24.3 Å². The highest BCUT2D eigenvalue weighted by atomic mass is 19.1. The normalized spacial score (nSPS) is 15.2. The average molecular weight is 468 g/mol. The van der Waals surface area contributed by atoms with E-state index in [1.807, 2.05) is 60.2 Å². The second kappa shape index (κ2) is 8.74. The van der Waals surface area contributed by atoms with E-state index in [4.69, 9.17) is 4.74 Å². The molecule has 1 aliphatic heterocycles. The summed E-state index contributed by atoms with van der Waals surface area (Å²) in [6, 6.07) is 14.7. The molecule has 0 N–H and O–H groups in total. The third kappa shape index (κ3) is 4.23. The molecule has 0 bridgehead atoms.